The number of hydrogen-bond acceptors (Lipinski definition) is 0. The van der Waals surface area contributed by atoms with Crippen LogP contribution in [0.5, 0.6) is 0 Å². The van der Waals surface area contributed by atoms with Gasteiger partial charge in [0.2, 0.25) is 0 Å². The van der Waals surface area contributed by atoms with Gasteiger partial charge in [-0.3, -0.25) is 0 Å². The van der Waals surface area contributed by atoms with Crippen LogP contribution in [0.4, 0.5) is 4.39 Å². The predicted octanol–water partition coefficient (Wildman–Crippen LogP) is 3.30. The summed E-state index contributed by atoms with van der Waals surface area (Å²) >= 11 is 3.47. The van der Waals surface area contributed by atoms with Crippen LogP contribution < -0.4 is 0 Å². The van der Waals surface area contributed by atoms with Crippen molar-refractivity contribution in [3.63, 3.8) is 0 Å². The summed E-state index contributed by atoms with van der Waals surface area (Å²) in [7, 11) is 0. The van der Waals surface area contributed by atoms with E-state index in [9.17, 15) is 4.39 Å². The van der Waals surface area contributed by atoms with Crippen LogP contribution in [0.3, 0.4) is 0 Å². The average Bonchev–Trinajstić information content (AvgIpc) is 1.85. The first kappa shape index (κ1) is 8.51. The number of rotatable bonds is 1. The molecule has 1 aliphatic rings. The fraction of sp³-hybridized carbons (Fsp3) is 1.00. The van der Waals surface area contributed by atoms with Crippen LogP contribution in [0.1, 0.15) is 32.6 Å². The second-order valence-corrected chi connectivity index (χ2v) is 4.47. The number of hydrogen-bond donors (Lipinski definition) is 0. The van der Waals surface area contributed by atoms with E-state index in [4.69, 9.17) is 0 Å². The van der Waals surface area contributed by atoms with Crippen molar-refractivity contribution in [3.05, 3.63) is 0 Å². The van der Waals surface area contributed by atoms with Gasteiger partial charge in [0.25, 0.3) is 0 Å². The summed E-state index contributed by atoms with van der Waals surface area (Å²) in [5.74, 6) is 0.619. The van der Waals surface area contributed by atoms with E-state index >= 15 is 0 Å². The van der Waals surface area contributed by atoms with Gasteiger partial charge in [-0.25, -0.2) is 4.39 Å². The molecule has 0 heterocycles. The molecule has 0 saturated heterocycles. The third-order valence-corrected chi connectivity index (χ3v) is 3.01. The van der Waals surface area contributed by atoms with Gasteiger partial charge in [-0.15, -0.1) is 0 Å². The topological polar surface area (TPSA) is 0 Å². The molecule has 2 unspecified atom stereocenters. The van der Waals surface area contributed by atoms with Crippen molar-refractivity contribution in [1.82, 2.24) is 0 Å². The number of alkyl halides is 2. The van der Waals surface area contributed by atoms with Crippen molar-refractivity contribution in [2.45, 2.75) is 43.6 Å². The Labute approximate surface area is 70.3 Å². The third-order valence-electron chi connectivity index (χ3n) is 2.27. The van der Waals surface area contributed by atoms with Crippen molar-refractivity contribution < 1.29 is 4.39 Å². The van der Waals surface area contributed by atoms with Crippen molar-refractivity contribution in [1.29, 1.82) is 0 Å². The molecule has 0 N–H and O–H groups in total. The Morgan fingerprint density at radius 3 is 2.60 bits per heavy atom. The van der Waals surface area contributed by atoms with Crippen LogP contribution in [0.2, 0.25) is 0 Å². The molecule has 0 amide bonds. The second-order valence-electron chi connectivity index (χ2n) is 3.18. The molecule has 0 aromatic rings. The molecule has 1 fully saturated rings. The van der Waals surface area contributed by atoms with E-state index < -0.39 is 6.17 Å². The molecule has 0 radical (unpaired) electrons. The van der Waals surface area contributed by atoms with Crippen LogP contribution in [-0.4, -0.2) is 11.0 Å². The highest BCUT2D eigenvalue weighted by molar-refractivity contribution is 9.09. The summed E-state index contributed by atoms with van der Waals surface area (Å²) in [6.07, 6.45) is 3.25. The highest BCUT2D eigenvalue weighted by atomic mass is 79.9. The van der Waals surface area contributed by atoms with Crippen molar-refractivity contribution in [2.24, 2.45) is 5.92 Å². The molecule has 2 heteroatoms. The fourth-order valence-electron chi connectivity index (χ4n) is 1.62. The molecular formula is C8H14BrF. The molecule has 0 nitrogen and oxygen atoms in total. The van der Waals surface area contributed by atoms with Crippen LogP contribution in [0.25, 0.3) is 0 Å². The van der Waals surface area contributed by atoms with Crippen molar-refractivity contribution >= 4 is 15.9 Å². The molecular weight excluding hydrogens is 195 g/mol. The van der Waals surface area contributed by atoms with E-state index in [0.717, 1.165) is 25.7 Å². The summed E-state index contributed by atoms with van der Waals surface area (Å²) in [4.78, 5) is 0.432. The summed E-state index contributed by atoms with van der Waals surface area (Å²) in [5, 5.41) is 0. The Morgan fingerprint density at radius 2 is 2.10 bits per heavy atom. The summed E-state index contributed by atoms with van der Waals surface area (Å²) < 4.78 is 12.8. The zero-order chi connectivity index (χ0) is 7.56. The standard InChI is InChI=1S/C8H14BrF/c1-2-6-3-7(9)5-8(10)4-6/h6-8H,2-5H2,1H3/t6?,7?,8-/m1/s1. The summed E-state index contributed by atoms with van der Waals surface area (Å²) in [6.45, 7) is 2.14. The maximum atomic E-state index is 12.8. The first-order chi connectivity index (χ1) is 4.72. The van der Waals surface area contributed by atoms with Gasteiger partial charge in [-0.2, -0.15) is 0 Å². The lowest BCUT2D eigenvalue weighted by atomic mass is 9.86. The Morgan fingerprint density at radius 1 is 1.40 bits per heavy atom. The zero-order valence-corrected chi connectivity index (χ0v) is 7.90. The lowest BCUT2D eigenvalue weighted by molar-refractivity contribution is 0.202. The van der Waals surface area contributed by atoms with Crippen molar-refractivity contribution in [3.8, 4) is 0 Å². The quantitative estimate of drug-likeness (QED) is 0.581. The third kappa shape index (κ3) is 2.22. The Hall–Kier alpha value is 0.410. The summed E-state index contributed by atoms with van der Waals surface area (Å²) in [5.41, 5.74) is 0. The highest BCUT2D eigenvalue weighted by Crippen LogP contribution is 2.32. The molecule has 0 aromatic carbocycles. The van der Waals surface area contributed by atoms with Crippen molar-refractivity contribution in [2.75, 3.05) is 0 Å². The van der Waals surface area contributed by atoms with E-state index in [1.54, 1.807) is 0 Å². The molecule has 0 bridgehead atoms. The van der Waals surface area contributed by atoms with E-state index in [1.807, 2.05) is 0 Å². The maximum Gasteiger partial charge on any atom is 0.101 e. The van der Waals surface area contributed by atoms with Gasteiger partial charge in [0.1, 0.15) is 6.17 Å². The predicted molar refractivity (Wildman–Crippen MR) is 45.2 cm³/mol. The Balaban J connectivity index is 2.35. The first-order valence-corrected chi connectivity index (χ1v) is 4.92. The Kier molecular flexibility index (Phi) is 3.15. The minimum absolute atomic E-state index is 0.432. The van der Waals surface area contributed by atoms with Gasteiger partial charge in [-0.05, 0) is 25.2 Å². The van der Waals surface area contributed by atoms with Crippen LogP contribution in [-0.2, 0) is 0 Å². The van der Waals surface area contributed by atoms with E-state index in [2.05, 4.69) is 22.9 Å². The Bertz CT molecular complexity index is 95.4. The SMILES string of the molecule is CCC1CC(Br)C[C@H](F)C1. The molecule has 60 valence electrons. The monoisotopic (exact) mass is 208 g/mol. The van der Waals surface area contributed by atoms with Gasteiger partial charge in [0, 0.05) is 4.83 Å². The molecule has 0 spiro atoms. The van der Waals surface area contributed by atoms with Gasteiger partial charge < -0.3 is 0 Å². The normalized spacial score (nSPS) is 41.7. The minimum Gasteiger partial charge on any atom is -0.247 e. The van der Waals surface area contributed by atoms with E-state index in [-0.39, 0.29) is 0 Å². The highest BCUT2D eigenvalue weighted by Gasteiger charge is 2.25. The lowest BCUT2D eigenvalue weighted by Crippen LogP contribution is -2.23. The largest absolute Gasteiger partial charge is 0.247 e. The summed E-state index contributed by atoms with van der Waals surface area (Å²) in [6, 6.07) is 0. The molecule has 0 aromatic heterocycles. The van der Waals surface area contributed by atoms with Gasteiger partial charge in [0.15, 0.2) is 0 Å². The average molecular weight is 209 g/mol. The molecule has 10 heavy (non-hydrogen) atoms. The van der Waals surface area contributed by atoms with Crippen LogP contribution >= 0.6 is 15.9 Å². The molecule has 1 rings (SSSR count). The van der Waals surface area contributed by atoms with E-state index in [1.165, 1.54) is 0 Å². The smallest absolute Gasteiger partial charge is 0.101 e. The van der Waals surface area contributed by atoms with Gasteiger partial charge in [-0.1, -0.05) is 29.3 Å². The first-order valence-electron chi connectivity index (χ1n) is 4.00. The fourth-order valence-corrected chi connectivity index (χ4v) is 2.56. The maximum absolute atomic E-state index is 12.8. The van der Waals surface area contributed by atoms with Gasteiger partial charge in [0.05, 0.1) is 0 Å². The molecule has 1 aliphatic carbocycles. The lowest BCUT2D eigenvalue weighted by Gasteiger charge is -2.27. The second kappa shape index (κ2) is 3.70. The zero-order valence-electron chi connectivity index (χ0n) is 6.32. The van der Waals surface area contributed by atoms with Gasteiger partial charge >= 0.3 is 0 Å². The number of halogens is 2. The molecule has 3 atom stereocenters. The van der Waals surface area contributed by atoms with Crippen LogP contribution in [0, 0.1) is 5.92 Å². The van der Waals surface area contributed by atoms with E-state index in [0.29, 0.717) is 10.7 Å². The minimum atomic E-state index is -0.553. The molecule has 1 saturated carbocycles. The van der Waals surface area contributed by atoms with Crippen LogP contribution in [0.15, 0.2) is 0 Å². The molecule has 0 aliphatic heterocycles.